The summed E-state index contributed by atoms with van der Waals surface area (Å²) in [6.07, 6.45) is 1.17. The van der Waals surface area contributed by atoms with Crippen LogP contribution < -0.4 is 5.32 Å². The van der Waals surface area contributed by atoms with Crippen molar-refractivity contribution < 1.29 is 18.7 Å². The first-order valence-corrected chi connectivity index (χ1v) is 9.79. The van der Waals surface area contributed by atoms with Gasteiger partial charge < -0.3 is 15.0 Å². The Bertz CT molecular complexity index is 690. The zero-order valence-corrected chi connectivity index (χ0v) is 17.5. The minimum absolute atomic E-state index is 0.00771. The van der Waals surface area contributed by atoms with Crippen molar-refractivity contribution in [3.63, 3.8) is 0 Å². The summed E-state index contributed by atoms with van der Waals surface area (Å²) < 4.78 is 19.2. The van der Waals surface area contributed by atoms with Crippen molar-refractivity contribution in [2.24, 2.45) is 0 Å². The molecule has 6 nitrogen and oxygen atoms in total. The minimum atomic E-state index is -0.567. The Morgan fingerprint density at radius 2 is 2.04 bits per heavy atom. The van der Waals surface area contributed by atoms with Gasteiger partial charge >= 0.3 is 6.09 Å². The molecule has 1 N–H and O–H groups in total. The summed E-state index contributed by atoms with van der Waals surface area (Å²) in [6.45, 7) is 8.81. The monoisotopic (exact) mass is 393 g/mol. The molecule has 28 heavy (non-hydrogen) atoms. The lowest BCUT2D eigenvalue weighted by Gasteiger charge is -2.30. The number of amides is 2. The number of carbonyl (C=O) groups is 2. The highest BCUT2D eigenvalue weighted by Crippen LogP contribution is 2.22. The lowest BCUT2D eigenvalue weighted by Crippen LogP contribution is -2.49. The molecule has 0 aliphatic carbocycles. The lowest BCUT2D eigenvalue weighted by atomic mass is 10.1. The number of nitrogens with one attached hydrogen (secondary N) is 1. The summed E-state index contributed by atoms with van der Waals surface area (Å²) in [7, 11) is 1.73. The van der Waals surface area contributed by atoms with E-state index in [4.69, 9.17) is 4.74 Å². The number of alkyl carbamates (subject to hydrolysis) is 1. The largest absolute Gasteiger partial charge is 0.444 e. The van der Waals surface area contributed by atoms with Crippen molar-refractivity contribution in [1.29, 1.82) is 0 Å². The molecule has 1 aliphatic rings. The third-order valence-electron chi connectivity index (χ3n) is 4.67. The number of benzene rings is 1. The van der Waals surface area contributed by atoms with Crippen molar-refractivity contribution in [2.75, 3.05) is 20.1 Å². The predicted molar refractivity (Wildman–Crippen MR) is 106 cm³/mol. The van der Waals surface area contributed by atoms with Crippen LogP contribution in [0.5, 0.6) is 0 Å². The molecular formula is C21H32FN3O3. The summed E-state index contributed by atoms with van der Waals surface area (Å²) in [5.74, 6) is -0.254. The van der Waals surface area contributed by atoms with Gasteiger partial charge in [0, 0.05) is 31.7 Å². The molecule has 0 aromatic heterocycles. The fraction of sp³-hybridized carbons (Fsp3) is 0.619. The van der Waals surface area contributed by atoms with Gasteiger partial charge in [-0.1, -0.05) is 18.2 Å². The molecule has 1 fully saturated rings. The van der Waals surface area contributed by atoms with Gasteiger partial charge in [-0.25, -0.2) is 9.18 Å². The molecule has 2 rings (SSSR count). The van der Waals surface area contributed by atoms with Gasteiger partial charge in [-0.15, -0.1) is 0 Å². The van der Waals surface area contributed by atoms with Gasteiger partial charge in [-0.3, -0.25) is 9.69 Å². The fourth-order valence-electron chi connectivity index (χ4n) is 3.45. The molecule has 0 saturated carbocycles. The van der Waals surface area contributed by atoms with Crippen LogP contribution in [-0.2, 0) is 16.1 Å². The van der Waals surface area contributed by atoms with Gasteiger partial charge in [0.2, 0.25) is 5.91 Å². The van der Waals surface area contributed by atoms with E-state index in [0.717, 1.165) is 19.4 Å². The average Bonchev–Trinajstić information content (AvgIpc) is 3.02. The van der Waals surface area contributed by atoms with Crippen LogP contribution in [0.2, 0.25) is 0 Å². The van der Waals surface area contributed by atoms with Crippen LogP contribution in [0.4, 0.5) is 9.18 Å². The Labute approximate surface area is 167 Å². The van der Waals surface area contributed by atoms with Gasteiger partial charge in [-0.2, -0.15) is 0 Å². The molecule has 1 aromatic rings. The van der Waals surface area contributed by atoms with Crippen molar-refractivity contribution >= 4 is 12.0 Å². The van der Waals surface area contributed by atoms with E-state index in [1.165, 1.54) is 6.07 Å². The molecule has 0 radical (unpaired) electrons. The number of halogens is 1. The van der Waals surface area contributed by atoms with Gasteiger partial charge in [0.1, 0.15) is 11.4 Å². The van der Waals surface area contributed by atoms with Crippen molar-refractivity contribution in [1.82, 2.24) is 15.1 Å². The molecular weight excluding hydrogens is 361 g/mol. The van der Waals surface area contributed by atoms with Crippen LogP contribution >= 0.6 is 0 Å². The van der Waals surface area contributed by atoms with E-state index in [1.807, 2.05) is 17.9 Å². The highest BCUT2D eigenvalue weighted by Gasteiger charge is 2.33. The van der Waals surface area contributed by atoms with E-state index in [1.54, 1.807) is 44.9 Å². The molecule has 2 amide bonds. The molecule has 2 atom stereocenters. The number of hydrogen-bond donors (Lipinski definition) is 1. The van der Waals surface area contributed by atoms with E-state index >= 15 is 0 Å². The molecule has 7 heteroatoms. The molecule has 1 aliphatic heterocycles. The summed E-state index contributed by atoms with van der Waals surface area (Å²) in [6, 6.07) is 6.16. The summed E-state index contributed by atoms with van der Waals surface area (Å²) in [5.41, 5.74) is 0.0348. The smallest absolute Gasteiger partial charge is 0.407 e. The SMILES string of the molecule is CC(CN(C)C(=O)C1CCCN1Cc1ccccc1F)NC(=O)OC(C)(C)C. The Morgan fingerprint density at radius 3 is 2.68 bits per heavy atom. The number of ether oxygens (including phenoxy) is 1. The average molecular weight is 394 g/mol. The summed E-state index contributed by atoms with van der Waals surface area (Å²) in [4.78, 5) is 28.5. The number of nitrogens with zero attached hydrogens (tertiary/aromatic N) is 2. The second-order valence-corrected chi connectivity index (χ2v) is 8.49. The predicted octanol–water partition coefficient (Wildman–Crippen LogP) is 3.16. The minimum Gasteiger partial charge on any atom is -0.444 e. The fourth-order valence-corrected chi connectivity index (χ4v) is 3.45. The summed E-state index contributed by atoms with van der Waals surface area (Å²) in [5, 5.41) is 2.75. The number of likely N-dealkylation sites (tertiary alicyclic amines) is 1. The van der Waals surface area contributed by atoms with Gasteiger partial charge in [0.05, 0.1) is 6.04 Å². The maximum Gasteiger partial charge on any atom is 0.407 e. The van der Waals surface area contributed by atoms with Gasteiger partial charge in [0.25, 0.3) is 0 Å². The molecule has 0 spiro atoms. The van der Waals surface area contributed by atoms with E-state index in [-0.39, 0.29) is 23.8 Å². The number of likely N-dealkylation sites (N-methyl/N-ethyl adjacent to an activating group) is 1. The third kappa shape index (κ3) is 6.48. The maximum atomic E-state index is 14.0. The Kier molecular flexibility index (Phi) is 7.41. The molecule has 0 bridgehead atoms. The Morgan fingerprint density at radius 1 is 1.36 bits per heavy atom. The highest BCUT2D eigenvalue weighted by molar-refractivity contribution is 5.82. The maximum absolute atomic E-state index is 14.0. The van der Waals surface area contributed by atoms with Crippen molar-refractivity contribution in [3.8, 4) is 0 Å². The quantitative estimate of drug-likeness (QED) is 0.806. The van der Waals surface area contributed by atoms with Crippen LogP contribution in [0.1, 0.15) is 46.1 Å². The van der Waals surface area contributed by atoms with E-state index in [9.17, 15) is 14.0 Å². The third-order valence-corrected chi connectivity index (χ3v) is 4.67. The number of rotatable bonds is 6. The molecule has 156 valence electrons. The highest BCUT2D eigenvalue weighted by atomic mass is 19.1. The Hall–Kier alpha value is -2.15. The first-order chi connectivity index (χ1) is 13.1. The van der Waals surface area contributed by atoms with Gasteiger partial charge in [0.15, 0.2) is 0 Å². The van der Waals surface area contributed by atoms with Crippen LogP contribution in [0.3, 0.4) is 0 Å². The van der Waals surface area contributed by atoms with Crippen LogP contribution in [0.25, 0.3) is 0 Å². The normalized spacial score (nSPS) is 18.6. The Balaban J connectivity index is 1.90. The summed E-state index contributed by atoms with van der Waals surface area (Å²) >= 11 is 0. The lowest BCUT2D eigenvalue weighted by molar-refractivity contribution is -0.135. The zero-order chi connectivity index (χ0) is 20.9. The van der Waals surface area contributed by atoms with Crippen LogP contribution in [-0.4, -0.2) is 59.6 Å². The first kappa shape index (κ1) is 22.1. The second kappa shape index (κ2) is 9.37. The zero-order valence-electron chi connectivity index (χ0n) is 17.5. The molecule has 1 aromatic carbocycles. The topological polar surface area (TPSA) is 61.9 Å². The standard InChI is InChI=1S/C21H32FN3O3/c1-15(23-20(27)28-21(2,3)4)13-24(5)19(26)18-11-8-12-25(18)14-16-9-6-7-10-17(16)22/h6-7,9-10,15,18H,8,11-14H2,1-5H3,(H,23,27). The van der Waals surface area contributed by atoms with Gasteiger partial charge in [-0.05, 0) is 53.1 Å². The van der Waals surface area contributed by atoms with Crippen LogP contribution in [0.15, 0.2) is 24.3 Å². The van der Waals surface area contributed by atoms with Crippen molar-refractivity contribution in [2.45, 2.75) is 64.8 Å². The van der Waals surface area contributed by atoms with Crippen molar-refractivity contribution in [3.05, 3.63) is 35.6 Å². The van der Waals surface area contributed by atoms with E-state index in [0.29, 0.717) is 18.7 Å². The number of hydrogen-bond acceptors (Lipinski definition) is 4. The first-order valence-electron chi connectivity index (χ1n) is 9.79. The second-order valence-electron chi connectivity index (χ2n) is 8.49. The number of carbonyl (C=O) groups excluding carboxylic acids is 2. The molecule has 1 saturated heterocycles. The molecule has 2 unspecified atom stereocenters. The van der Waals surface area contributed by atoms with E-state index < -0.39 is 11.7 Å². The van der Waals surface area contributed by atoms with Crippen LogP contribution in [0, 0.1) is 5.82 Å². The van der Waals surface area contributed by atoms with E-state index in [2.05, 4.69) is 5.32 Å². The molecule has 1 heterocycles.